The van der Waals surface area contributed by atoms with Crippen molar-refractivity contribution >= 4 is 21.8 Å². The summed E-state index contributed by atoms with van der Waals surface area (Å²) in [6.45, 7) is 13.8. The van der Waals surface area contributed by atoms with Crippen molar-refractivity contribution in [2.45, 2.75) is 216 Å². The van der Waals surface area contributed by atoms with Crippen LogP contribution in [-0.2, 0) is 49.8 Å². The lowest BCUT2D eigenvalue weighted by molar-refractivity contribution is -0.282. The molecule has 68 heavy (non-hydrogen) atoms. The number of benzene rings is 1. The summed E-state index contributed by atoms with van der Waals surface area (Å²) in [4.78, 5) is 54.7. The molecule has 18 heteroatoms. The Morgan fingerprint density at radius 3 is 2.06 bits per heavy atom. The molecule has 0 bridgehead atoms. The molecule has 2 saturated heterocycles. The first kappa shape index (κ1) is 53.8. The first-order valence-electron chi connectivity index (χ1n) is 25.0. The number of carbonyl (C=O) groups excluding carboxylic acids is 2. The van der Waals surface area contributed by atoms with Gasteiger partial charge in [0.1, 0.15) is 12.3 Å². The van der Waals surface area contributed by atoms with E-state index in [1.54, 1.807) is 21.1 Å². The van der Waals surface area contributed by atoms with Crippen LogP contribution in [0.5, 0.6) is 0 Å². The van der Waals surface area contributed by atoms with Gasteiger partial charge in [-0.1, -0.05) is 66.5 Å². The summed E-state index contributed by atoms with van der Waals surface area (Å²) in [7, 11) is -0.845. The monoisotopic (exact) mass is 976 g/mol. The second kappa shape index (κ2) is 23.1. The fraction of sp³-hybridized carbons (Fsp3) is 0.760. The maximum atomic E-state index is 15.9. The molecule has 382 valence electrons. The third kappa shape index (κ3) is 12.5. The van der Waals surface area contributed by atoms with E-state index < -0.39 is 75.4 Å². The molecule has 1 aromatic carbocycles. The maximum absolute atomic E-state index is 15.9. The lowest BCUT2D eigenvalue weighted by Crippen LogP contribution is -2.45. The number of halogens is 1. The van der Waals surface area contributed by atoms with Gasteiger partial charge in [0.25, 0.3) is 5.56 Å². The van der Waals surface area contributed by atoms with Crippen molar-refractivity contribution in [3.8, 4) is 0 Å². The SMILES string of the molecule is COC1(OC[C@H]2O[C@@H](n3cc(C)c(=O)n(CCCNC(=O)CCC(=O)N4CCC(NS(=O)(=O)c5c(C(C)C)cc(C(C)C)cc5C(C)C)C4F)c3=O)C[C@@H]2OC2(OC)CCCCC2)CCCCC1. The van der Waals surface area contributed by atoms with Gasteiger partial charge in [-0.3, -0.25) is 23.5 Å². The van der Waals surface area contributed by atoms with Gasteiger partial charge in [-0.2, -0.15) is 0 Å². The molecule has 0 radical (unpaired) electrons. The minimum atomic E-state index is -4.17. The number of carbonyl (C=O) groups is 2. The van der Waals surface area contributed by atoms with Gasteiger partial charge < -0.3 is 33.9 Å². The fourth-order valence-electron chi connectivity index (χ4n) is 10.3. The molecule has 2 aliphatic heterocycles. The highest BCUT2D eigenvalue weighted by atomic mass is 32.2. The first-order valence-corrected chi connectivity index (χ1v) is 26.5. The normalized spacial score (nSPS) is 24.1. The molecule has 2 aromatic rings. The molecular weight excluding hydrogens is 898 g/mol. The van der Waals surface area contributed by atoms with E-state index in [1.807, 2.05) is 39.8 Å². The Balaban J connectivity index is 1.03. The van der Waals surface area contributed by atoms with Crippen LogP contribution < -0.4 is 21.3 Å². The van der Waals surface area contributed by atoms with Crippen LogP contribution in [-0.4, -0.2) is 104 Å². The molecule has 2 amide bonds. The molecule has 0 spiro atoms. The van der Waals surface area contributed by atoms with Crippen molar-refractivity contribution < 1.29 is 46.1 Å². The molecule has 2 aliphatic carbocycles. The smallest absolute Gasteiger partial charge is 0.333 e. The third-order valence-corrected chi connectivity index (χ3v) is 16.1. The summed E-state index contributed by atoms with van der Waals surface area (Å²) in [5.74, 6) is -2.57. The van der Waals surface area contributed by atoms with Crippen LogP contribution >= 0.6 is 0 Å². The number of rotatable bonds is 21. The number of aromatic nitrogens is 2. The van der Waals surface area contributed by atoms with E-state index in [2.05, 4.69) is 23.9 Å². The van der Waals surface area contributed by atoms with Gasteiger partial charge in [0.05, 0.1) is 23.6 Å². The molecular formula is C50H78FN5O11S. The number of sulfonamides is 1. The topological polar surface area (TPSA) is 186 Å². The van der Waals surface area contributed by atoms with E-state index in [0.717, 1.165) is 79.2 Å². The van der Waals surface area contributed by atoms with Crippen molar-refractivity contribution in [2.75, 3.05) is 33.9 Å². The Labute approximate surface area is 402 Å². The highest BCUT2D eigenvalue weighted by Crippen LogP contribution is 2.41. The minimum Gasteiger partial charge on any atom is -0.356 e. The van der Waals surface area contributed by atoms with Gasteiger partial charge in [-0.05, 0) is 79.9 Å². The lowest BCUT2D eigenvalue weighted by atomic mass is 9.89. The first-order chi connectivity index (χ1) is 32.2. The van der Waals surface area contributed by atoms with Crippen LogP contribution in [0.3, 0.4) is 0 Å². The van der Waals surface area contributed by atoms with E-state index in [1.165, 1.54) is 10.8 Å². The second-order valence-electron chi connectivity index (χ2n) is 20.3. The maximum Gasteiger partial charge on any atom is 0.333 e. The molecule has 6 rings (SSSR count). The highest BCUT2D eigenvalue weighted by molar-refractivity contribution is 7.89. The number of alkyl halides is 1. The van der Waals surface area contributed by atoms with E-state index in [-0.39, 0.29) is 74.6 Å². The Morgan fingerprint density at radius 2 is 1.49 bits per heavy atom. The van der Waals surface area contributed by atoms with E-state index >= 15 is 4.39 Å². The summed E-state index contributed by atoms with van der Waals surface area (Å²) in [6.07, 6.45) is 7.19. The Bertz CT molecular complexity index is 2260. The van der Waals surface area contributed by atoms with Crippen LogP contribution in [0.25, 0.3) is 0 Å². The molecule has 5 atom stereocenters. The minimum absolute atomic E-state index is 0.00555. The van der Waals surface area contributed by atoms with Crippen LogP contribution in [0.1, 0.15) is 184 Å². The number of hydrogen-bond acceptors (Lipinski definition) is 11. The Hall–Kier alpha value is -3.52. The zero-order valence-electron chi connectivity index (χ0n) is 41.9. The number of likely N-dealkylation sites (tertiary alicyclic amines) is 1. The molecule has 3 heterocycles. The molecule has 2 unspecified atom stereocenters. The summed E-state index contributed by atoms with van der Waals surface area (Å²) < 4.78 is 80.7. The predicted molar refractivity (Wildman–Crippen MR) is 256 cm³/mol. The molecule has 4 fully saturated rings. The van der Waals surface area contributed by atoms with Crippen LogP contribution in [0.2, 0.25) is 0 Å². The fourth-order valence-corrected chi connectivity index (χ4v) is 12.2. The van der Waals surface area contributed by atoms with Gasteiger partial charge in [0, 0.05) is 90.6 Å². The number of hydrogen-bond donors (Lipinski definition) is 2. The number of nitrogens with zero attached hydrogens (tertiary/aromatic N) is 3. The molecule has 16 nitrogen and oxygen atoms in total. The summed E-state index contributed by atoms with van der Waals surface area (Å²) in [5.41, 5.74) is 1.70. The second-order valence-corrected chi connectivity index (χ2v) is 22.0. The zero-order chi connectivity index (χ0) is 49.6. The Kier molecular flexibility index (Phi) is 18.3. The number of nitrogens with one attached hydrogen (secondary N) is 2. The van der Waals surface area contributed by atoms with Crippen molar-refractivity contribution in [1.82, 2.24) is 24.1 Å². The predicted octanol–water partition coefficient (Wildman–Crippen LogP) is 7.15. The van der Waals surface area contributed by atoms with Gasteiger partial charge in [0.2, 0.25) is 21.8 Å². The van der Waals surface area contributed by atoms with Crippen molar-refractivity contribution in [3.63, 3.8) is 0 Å². The van der Waals surface area contributed by atoms with Crippen molar-refractivity contribution in [2.24, 2.45) is 0 Å². The third-order valence-electron chi connectivity index (χ3n) is 14.4. The number of methoxy groups -OCH3 is 2. The van der Waals surface area contributed by atoms with E-state index in [0.29, 0.717) is 23.1 Å². The number of aryl methyl sites for hydroxylation is 1. The standard InChI is InChI=1S/C50H78FN5O11S/c1-32(2)36-27-37(33(3)4)45(38(28-36)34(5)6)68(61,62)53-39-19-26-54(46(39)51)43(58)18-17-42(57)52-24-16-25-55-47(59)35(7)30-56(48(55)60)44-29-40(67-50(64-9)22-14-11-15-23-50)41(66-44)31-65-49(63-8)20-12-10-13-21-49/h27-28,30,32-34,39-41,44,46,53H,10-26,29,31H2,1-9H3,(H,52,57)/t39?,40-,41+,44+,46?/m0/s1. The van der Waals surface area contributed by atoms with Crippen LogP contribution in [0.4, 0.5) is 4.39 Å². The highest BCUT2D eigenvalue weighted by Gasteiger charge is 2.46. The molecule has 4 aliphatic rings. The number of ether oxygens (including phenoxy) is 5. The molecule has 2 N–H and O–H groups in total. The quantitative estimate of drug-likeness (QED) is 0.0735. The lowest BCUT2D eigenvalue weighted by Gasteiger charge is -2.40. The van der Waals surface area contributed by atoms with Crippen molar-refractivity contribution in [3.05, 3.63) is 61.4 Å². The Morgan fingerprint density at radius 1 is 0.882 bits per heavy atom. The van der Waals surface area contributed by atoms with Gasteiger partial charge in [0.15, 0.2) is 17.9 Å². The van der Waals surface area contributed by atoms with E-state index in [4.69, 9.17) is 23.7 Å². The van der Waals surface area contributed by atoms with Crippen molar-refractivity contribution in [1.29, 1.82) is 0 Å². The average molecular weight is 976 g/mol. The summed E-state index contributed by atoms with van der Waals surface area (Å²) >= 11 is 0. The largest absolute Gasteiger partial charge is 0.356 e. The summed E-state index contributed by atoms with van der Waals surface area (Å²) in [6, 6.07) is 2.69. The number of amides is 2. The van der Waals surface area contributed by atoms with Gasteiger partial charge in [-0.15, -0.1) is 0 Å². The van der Waals surface area contributed by atoms with Gasteiger partial charge >= 0.3 is 5.69 Å². The van der Waals surface area contributed by atoms with Crippen LogP contribution in [0, 0.1) is 6.92 Å². The van der Waals surface area contributed by atoms with Gasteiger partial charge in [-0.25, -0.2) is 22.3 Å². The summed E-state index contributed by atoms with van der Waals surface area (Å²) in [5, 5.41) is 2.74. The average Bonchev–Trinajstić information content (AvgIpc) is 3.89. The zero-order valence-corrected chi connectivity index (χ0v) is 42.7. The molecule has 2 saturated carbocycles. The van der Waals surface area contributed by atoms with E-state index in [9.17, 15) is 27.6 Å². The van der Waals surface area contributed by atoms with Crippen LogP contribution in [0.15, 0.2) is 32.8 Å². The molecule has 1 aromatic heterocycles.